The molecule has 4 aromatic rings. The molecule has 0 aliphatic heterocycles. The van der Waals surface area contributed by atoms with Crippen LogP contribution < -0.4 is 4.80 Å². The van der Waals surface area contributed by atoms with Crippen molar-refractivity contribution in [2.45, 2.75) is 13.5 Å². The molecule has 4 rings (SSSR count). The van der Waals surface area contributed by atoms with Crippen LogP contribution in [0.15, 0.2) is 76.9 Å². The van der Waals surface area contributed by atoms with Crippen LogP contribution in [0, 0.1) is 17.0 Å². The minimum atomic E-state index is -0.518. The minimum Gasteiger partial charge on any atom is -0.507 e. The van der Waals surface area contributed by atoms with Gasteiger partial charge in [-0.2, -0.15) is 5.10 Å². The van der Waals surface area contributed by atoms with E-state index in [4.69, 9.17) is 0 Å². The third-order valence-corrected chi connectivity index (χ3v) is 5.62. The van der Waals surface area contributed by atoms with Crippen LogP contribution in [0.1, 0.15) is 16.7 Å². The molecule has 1 heterocycles. The first kappa shape index (κ1) is 19.5. The summed E-state index contributed by atoms with van der Waals surface area (Å²) >= 11 is 1.52. The van der Waals surface area contributed by atoms with Crippen molar-refractivity contribution in [2.24, 2.45) is 10.2 Å². The zero-order valence-electron chi connectivity index (χ0n) is 16.1. The van der Waals surface area contributed by atoms with Gasteiger partial charge in [-0.15, -0.1) is 5.10 Å². The number of nitro groups is 1. The van der Waals surface area contributed by atoms with Crippen molar-refractivity contribution < 1.29 is 10.0 Å². The number of benzene rings is 3. The van der Waals surface area contributed by atoms with Crippen molar-refractivity contribution in [1.29, 1.82) is 0 Å². The fourth-order valence-electron chi connectivity index (χ4n) is 3.08. The third kappa shape index (κ3) is 4.13. The number of aryl methyl sites for hydroxylation is 1. The molecule has 3 aromatic carbocycles. The first-order valence-corrected chi connectivity index (χ1v) is 10.0. The van der Waals surface area contributed by atoms with Crippen LogP contribution in [0.3, 0.4) is 0 Å². The summed E-state index contributed by atoms with van der Waals surface area (Å²) < 4.78 is 3.18. The van der Waals surface area contributed by atoms with Gasteiger partial charge in [-0.25, -0.2) is 0 Å². The molecule has 0 saturated heterocycles. The Balaban J connectivity index is 1.77. The molecule has 0 spiro atoms. The monoisotopic (exact) mass is 418 g/mol. The van der Waals surface area contributed by atoms with Gasteiger partial charge in [-0.05, 0) is 36.2 Å². The number of phenolic OH excluding ortho intramolecular Hbond substituents is 1. The highest BCUT2D eigenvalue weighted by Crippen LogP contribution is 2.22. The molecule has 0 saturated carbocycles. The van der Waals surface area contributed by atoms with Crippen LogP contribution in [0.2, 0.25) is 0 Å². The van der Waals surface area contributed by atoms with E-state index >= 15 is 0 Å². The molecule has 7 nitrogen and oxygen atoms in total. The van der Waals surface area contributed by atoms with E-state index in [-0.39, 0.29) is 17.0 Å². The number of phenols is 1. The summed E-state index contributed by atoms with van der Waals surface area (Å²) in [5.41, 5.74) is 3.47. The maximum atomic E-state index is 11.0. The van der Waals surface area contributed by atoms with E-state index in [1.54, 1.807) is 0 Å². The molecule has 30 heavy (non-hydrogen) atoms. The number of fused-ring (bicyclic) bond motifs is 1. The highest BCUT2D eigenvalue weighted by atomic mass is 32.1. The van der Waals surface area contributed by atoms with E-state index < -0.39 is 4.92 Å². The molecule has 0 aliphatic rings. The molecule has 1 aromatic heterocycles. The molecular weight excluding hydrogens is 400 g/mol. The fraction of sp³-hybridized carbons (Fsp3) is 0.0909. The van der Waals surface area contributed by atoms with Crippen molar-refractivity contribution in [1.82, 2.24) is 4.57 Å². The van der Waals surface area contributed by atoms with Crippen molar-refractivity contribution in [3.05, 3.63) is 98.3 Å². The number of rotatable bonds is 5. The van der Waals surface area contributed by atoms with Gasteiger partial charge in [-0.3, -0.25) is 10.1 Å². The van der Waals surface area contributed by atoms with E-state index in [2.05, 4.69) is 45.1 Å². The Morgan fingerprint density at radius 1 is 1.13 bits per heavy atom. The highest BCUT2D eigenvalue weighted by Gasteiger charge is 2.09. The van der Waals surface area contributed by atoms with Gasteiger partial charge >= 0.3 is 0 Å². The van der Waals surface area contributed by atoms with Crippen molar-refractivity contribution in [2.75, 3.05) is 0 Å². The Labute approximate surface area is 176 Å². The molecular formula is C22H18N4O3S. The lowest BCUT2D eigenvalue weighted by molar-refractivity contribution is -0.384. The Kier molecular flexibility index (Phi) is 5.40. The van der Waals surface area contributed by atoms with Crippen LogP contribution in [0.5, 0.6) is 5.75 Å². The second kappa shape index (κ2) is 8.30. The Bertz CT molecular complexity index is 1320. The number of thiazole rings is 1. The highest BCUT2D eigenvalue weighted by molar-refractivity contribution is 7.16. The Hall–Kier alpha value is -3.78. The summed E-state index contributed by atoms with van der Waals surface area (Å²) in [6, 6.07) is 20.1. The average Bonchev–Trinajstić information content (AvgIpc) is 3.06. The predicted octanol–water partition coefficient (Wildman–Crippen LogP) is 4.61. The molecule has 0 radical (unpaired) electrons. The molecule has 1 N–H and O–H groups in total. The second-order valence-corrected chi connectivity index (χ2v) is 7.78. The summed E-state index contributed by atoms with van der Waals surface area (Å²) in [5, 5.41) is 29.4. The molecule has 0 bridgehead atoms. The minimum absolute atomic E-state index is 0.0938. The first-order chi connectivity index (χ1) is 14.5. The number of hydrogen-bond donors (Lipinski definition) is 1. The topological polar surface area (TPSA) is 93.0 Å². The zero-order chi connectivity index (χ0) is 21.1. The lowest BCUT2D eigenvalue weighted by Gasteiger charge is -2.05. The standard InChI is InChI=1S/C22H18N4O3S/c1-15-7-9-19-21(11-15)30-22(25(19)14-16-5-3-2-4-6-16)24-23-13-17-12-18(26(28)29)8-10-20(17)27/h2-13,27H,14H2,1H3/b23-13-,24-22+. The maximum Gasteiger partial charge on any atom is 0.270 e. The molecule has 0 amide bonds. The van der Waals surface area contributed by atoms with Gasteiger partial charge in [0.2, 0.25) is 4.80 Å². The van der Waals surface area contributed by atoms with Crippen LogP contribution in [0.25, 0.3) is 10.2 Å². The summed E-state index contributed by atoms with van der Waals surface area (Å²) in [6.07, 6.45) is 1.32. The van der Waals surface area contributed by atoms with E-state index in [0.717, 1.165) is 21.3 Å². The zero-order valence-corrected chi connectivity index (χ0v) is 16.9. The molecule has 0 aliphatic carbocycles. The molecule has 8 heteroatoms. The predicted molar refractivity (Wildman–Crippen MR) is 118 cm³/mol. The third-order valence-electron chi connectivity index (χ3n) is 4.58. The van der Waals surface area contributed by atoms with E-state index in [9.17, 15) is 15.2 Å². The Morgan fingerprint density at radius 2 is 1.93 bits per heavy atom. The van der Waals surface area contributed by atoms with Gasteiger partial charge in [0, 0.05) is 17.7 Å². The van der Waals surface area contributed by atoms with Gasteiger partial charge in [-0.1, -0.05) is 47.7 Å². The van der Waals surface area contributed by atoms with Crippen LogP contribution in [0.4, 0.5) is 5.69 Å². The average molecular weight is 418 g/mol. The summed E-state index contributed by atoms with van der Waals surface area (Å²) in [6.45, 7) is 2.68. The quantitative estimate of drug-likeness (QED) is 0.291. The van der Waals surface area contributed by atoms with Gasteiger partial charge in [0.25, 0.3) is 5.69 Å². The number of non-ortho nitro benzene ring substituents is 1. The van der Waals surface area contributed by atoms with Crippen LogP contribution in [-0.2, 0) is 6.54 Å². The second-order valence-electron chi connectivity index (χ2n) is 6.77. The maximum absolute atomic E-state index is 11.0. The van der Waals surface area contributed by atoms with Crippen molar-refractivity contribution in [3.63, 3.8) is 0 Å². The summed E-state index contributed by atoms with van der Waals surface area (Å²) in [7, 11) is 0. The molecule has 150 valence electrons. The first-order valence-electron chi connectivity index (χ1n) is 9.19. The number of nitrogens with zero attached hydrogens (tertiary/aromatic N) is 4. The van der Waals surface area contributed by atoms with E-state index in [1.807, 2.05) is 25.1 Å². The molecule has 0 unspecified atom stereocenters. The van der Waals surface area contributed by atoms with Crippen molar-refractivity contribution >= 4 is 33.5 Å². The number of hydrogen-bond acceptors (Lipinski definition) is 6. The van der Waals surface area contributed by atoms with E-state index in [0.29, 0.717) is 11.3 Å². The van der Waals surface area contributed by atoms with E-state index in [1.165, 1.54) is 35.8 Å². The van der Waals surface area contributed by atoms with Gasteiger partial charge < -0.3 is 9.67 Å². The molecule has 0 fully saturated rings. The van der Waals surface area contributed by atoms with Gasteiger partial charge in [0.15, 0.2) is 0 Å². The largest absolute Gasteiger partial charge is 0.507 e. The van der Waals surface area contributed by atoms with Crippen LogP contribution >= 0.6 is 11.3 Å². The van der Waals surface area contributed by atoms with Crippen molar-refractivity contribution in [3.8, 4) is 5.75 Å². The lowest BCUT2D eigenvalue weighted by atomic mass is 10.2. The Morgan fingerprint density at radius 3 is 2.70 bits per heavy atom. The number of aromatic nitrogens is 1. The molecule has 0 atom stereocenters. The SMILES string of the molecule is Cc1ccc2c(c1)s/c(=N/N=C\c1cc([N+](=O)[O-])ccc1O)n2Cc1ccccc1. The summed E-state index contributed by atoms with van der Waals surface area (Å²) in [4.78, 5) is 11.1. The van der Waals surface area contributed by atoms with Gasteiger partial charge in [0.1, 0.15) is 5.75 Å². The van der Waals surface area contributed by atoms with Crippen LogP contribution in [-0.4, -0.2) is 20.8 Å². The fourth-order valence-corrected chi connectivity index (χ4v) is 4.16. The summed E-state index contributed by atoms with van der Waals surface area (Å²) in [5.74, 6) is -0.0938. The van der Waals surface area contributed by atoms with Gasteiger partial charge in [0.05, 0.1) is 27.9 Å². The number of nitro benzene ring substituents is 1. The normalized spacial score (nSPS) is 12.1. The lowest BCUT2D eigenvalue weighted by Crippen LogP contribution is -2.15. The smallest absolute Gasteiger partial charge is 0.270 e. The number of aromatic hydroxyl groups is 1.